The number of carbonyl (C=O) groups is 1. The summed E-state index contributed by atoms with van der Waals surface area (Å²) in [5.41, 5.74) is -0.394. The van der Waals surface area contributed by atoms with Gasteiger partial charge in [0.25, 0.3) is 11.8 Å². The molecule has 1 N–H and O–H groups in total. The lowest BCUT2D eigenvalue weighted by Crippen LogP contribution is -2.49. The number of fused-ring (bicyclic) bond motifs is 1. The van der Waals surface area contributed by atoms with Crippen LogP contribution in [0.5, 0.6) is 11.6 Å². The van der Waals surface area contributed by atoms with Crippen LogP contribution in [0.2, 0.25) is 0 Å². The van der Waals surface area contributed by atoms with Gasteiger partial charge in [-0.15, -0.1) is 4.72 Å². The van der Waals surface area contributed by atoms with Crippen molar-refractivity contribution in [2.45, 2.75) is 16.9 Å². The summed E-state index contributed by atoms with van der Waals surface area (Å²) in [6, 6.07) is 10.0. The average molecular weight is 389 g/mol. The van der Waals surface area contributed by atoms with E-state index in [0.717, 1.165) is 0 Å². The fraction of sp³-hybridized carbons (Fsp3) is 0.333. The molecule has 2 atom stereocenters. The Bertz CT molecular complexity index is 937. The minimum absolute atomic E-state index is 0.0105. The van der Waals surface area contributed by atoms with E-state index in [9.17, 15) is 13.6 Å². The average Bonchev–Trinajstić information content (AvgIpc) is 3.06. The zero-order valence-corrected chi connectivity index (χ0v) is 15.5. The van der Waals surface area contributed by atoms with Gasteiger partial charge in [-0.1, -0.05) is 16.3 Å². The molecule has 0 bridgehead atoms. The number of aromatic nitrogens is 1. The summed E-state index contributed by atoms with van der Waals surface area (Å²) in [5.74, 6) is 0.383. The first-order chi connectivity index (χ1) is 12.9. The molecule has 0 aliphatic carbocycles. The van der Waals surface area contributed by atoms with E-state index < -0.39 is 16.0 Å². The fourth-order valence-corrected chi connectivity index (χ4v) is 4.63. The van der Waals surface area contributed by atoms with E-state index >= 15 is 0 Å². The zero-order chi connectivity index (χ0) is 19.1. The van der Waals surface area contributed by atoms with Crippen LogP contribution in [-0.2, 0) is 14.6 Å². The van der Waals surface area contributed by atoms with Gasteiger partial charge in [-0.2, -0.15) is 0 Å². The minimum atomic E-state index is -3.70. The molecule has 142 valence electrons. The van der Waals surface area contributed by atoms with Crippen LogP contribution in [0.15, 0.2) is 47.5 Å². The molecule has 3 heterocycles. The molecule has 1 aromatic heterocycles. The Balaban J connectivity index is 1.61. The van der Waals surface area contributed by atoms with Crippen molar-refractivity contribution in [3.63, 3.8) is 0 Å². The Morgan fingerprint density at radius 3 is 3.00 bits per heavy atom. The van der Waals surface area contributed by atoms with Gasteiger partial charge in [0, 0.05) is 25.2 Å². The molecule has 1 saturated heterocycles. The molecule has 1 aromatic carbocycles. The van der Waals surface area contributed by atoms with Crippen molar-refractivity contribution in [1.82, 2.24) is 14.6 Å². The number of sulfonamides is 1. The lowest BCUT2D eigenvalue weighted by atomic mass is 10.0. The van der Waals surface area contributed by atoms with E-state index in [0.29, 0.717) is 24.3 Å². The number of amides is 1. The topological polar surface area (TPSA) is 104 Å². The standard InChI is InChI=1S/C18H19N3O5S/c1-25-14-6-3-2-5-13(14)17(22)21-10-8-18(12-21)11-20-27(23,24)15-7-4-9-19-16(15)26-18/h2-7,9H,8,10-12H2,1H3,(H-,20,23,24). The molecule has 1 fully saturated rings. The number of pyridine rings is 1. The van der Waals surface area contributed by atoms with Gasteiger partial charge < -0.3 is 18.9 Å². The summed E-state index contributed by atoms with van der Waals surface area (Å²) in [5, 5.41) is 0. The quantitative estimate of drug-likeness (QED) is 0.776. The molecule has 9 heteroatoms. The Hall–Kier alpha value is -2.49. The number of nitrogens with one attached hydrogen (secondary N) is 1. The van der Waals surface area contributed by atoms with Crippen LogP contribution < -0.4 is 14.2 Å². The van der Waals surface area contributed by atoms with Crippen molar-refractivity contribution >= 4 is 16.3 Å². The highest BCUT2D eigenvalue weighted by molar-refractivity contribution is 7.95. The number of likely N-dealkylation sites (tertiary alicyclic amines) is 1. The highest BCUT2D eigenvalue weighted by Gasteiger charge is 2.48. The molecule has 2 aliphatic rings. The van der Waals surface area contributed by atoms with Crippen LogP contribution in [0.4, 0.5) is 0 Å². The lowest BCUT2D eigenvalue weighted by Gasteiger charge is -2.27. The molecule has 1 spiro atoms. The largest absolute Gasteiger partial charge is 0.593 e. The second-order valence-corrected chi connectivity index (χ2v) is 8.33. The number of hydrogen-bond donors (Lipinski definition) is 1. The molecule has 8 nitrogen and oxygen atoms in total. The van der Waals surface area contributed by atoms with Gasteiger partial charge >= 0.3 is 0 Å². The minimum Gasteiger partial charge on any atom is -0.593 e. The molecule has 0 saturated carbocycles. The summed E-state index contributed by atoms with van der Waals surface area (Å²) in [6.07, 6.45) is 1.98. The second-order valence-electron chi connectivity index (χ2n) is 6.59. The predicted octanol–water partition coefficient (Wildman–Crippen LogP) is 1.26. The van der Waals surface area contributed by atoms with Gasteiger partial charge in [-0.05, 0) is 18.2 Å². The molecule has 27 heavy (non-hydrogen) atoms. The van der Waals surface area contributed by atoms with E-state index in [1.54, 1.807) is 35.2 Å². The molecular weight excluding hydrogens is 370 g/mol. The van der Waals surface area contributed by atoms with E-state index in [1.165, 1.54) is 19.4 Å². The SMILES string of the molecule is COc1ccccc1C(=O)N1CCC2(CN[S+](=O)([O-])c3cccnc3O2)C1. The number of methoxy groups -OCH3 is 1. The number of para-hydroxylation sites is 1. The third-order valence-corrected chi connectivity index (χ3v) is 6.28. The highest BCUT2D eigenvalue weighted by atomic mass is 32.3. The van der Waals surface area contributed by atoms with Gasteiger partial charge in [-0.25, -0.2) is 4.98 Å². The van der Waals surface area contributed by atoms with Crippen LogP contribution in [0.3, 0.4) is 0 Å². The van der Waals surface area contributed by atoms with Gasteiger partial charge in [0.1, 0.15) is 11.4 Å². The second kappa shape index (κ2) is 6.59. The van der Waals surface area contributed by atoms with Gasteiger partial charge in [0.15, 0.2) is 10.4 Å². The molecule has 2 aromatic rings. The monoisotopic (exact) mass is 389 g/mol. The molecule has 4 rings (SSSR count). The van der Waals surface area contributed by atoms with E-state index in [-0.39, 0.29) is 29.8 Å². The van der Waals surface area contributed by atoms with Crippen molar-refractivity contribution in [2.75, 3.05) is 26.7 Å². The van der Waals surface area contributed by atoms with Crippen LogP contribution in [0.1, 0.15) is 16.8 Å². The van der Waals surface area contributed by atoms with Crippen molar-refractivity contribution in [2.24, 2.45) is 0 Å². The third-order valence-electron chi connectivity index (χ3n) is 4.86. The Labute approximate surface area is 157 Å². The third kappa shape index (κ3) is 3.18. The van der Waals surface area contributed by atoms with Crippen molar-refractivity contribution in [3.8, 4) is 11.6 Å². The van der Waals surface area contributed by atoms with Crippen LogP contribution >= 0.6 is 0 Å². The maximum absolute atomic E-state index is 12.9. The first-order valence-electron chi connectivity index (χ1n) is 8.50. The molecule has 2 aliphatic heterocycles. The summed E-state index contributed by atoms with van der Waals surface area (Å²) < 4.78 is 38.7. The van der Waals surface area contributed by atoms with Gasteiger partial charge in [0.2, 0.25) is 4.90 Å². The smallest absolute Gasteiger partial charge is 0.272 e. The summed E-state index contributed by atoms with van der Waals surface area (Å²) >= 11 is 0. The highest BCUT2D eigenvalue weighted by Crippen LogP contribution is 2.35. The number of benzene rings is 1. The number of nitrogens with zero attached hydrogens (tertiary/aromatic N) is 2. The van der Waals surface area contributed by atoms with Crippen LogP contribution in [0, 0.1) is 0 Å². The molecule has 2 unspecified atom stereocenters. The van der Waals surface area contributed by atoms with E-state index in [2.05, 4.69) is 9.71 Å². The number of carbonyl (C=O) groups excluding carboxylic acids is 1. The van der Waals surface area contributed by atoms with Crippen LogP contribution in [-0.4, -0.2) is 52.7 Å². The summed E-state index contributed by atoms with van der Waals surface area (Å²) in [7, 11) is -2.19. The van der Waals surface area contributed by atoms with E-state index in [1.807, 2.05) is 0 Å². The molecular formula is C18H19N3O5S. The molecule has 0 radical (unpaired) electrons. The lowest BCUT2D eigenvalue weighted by molar-refractivity contribution is 0.0610. The zero-order valence-electron chi connectivity index (χ0n) is 14.7. The predicted molar refractivity (Wildman–Crippen MR) is 96.2 cm³/mol. The number of hydrogen-bond acceptors (Lipinski definition) is 6. The Morgan fingerprint density at radius 1 is 1.37 bits per heavy atom. The van der Waals surface area contributed by atoms with Crippen molar-refractivity contribution < 1.29 is 23.0 Å². The molecule has 1 amide bonds. The summed E-state index contributed by atoms with van der Waals surface area (Å²) in [4.78, 5) is 18.7. The maximum Gasteiger partial charge on any atom is 0.272 e. The Kier molecular flexibility index (Phi) is 4.37. The van der Waals surface area contributed by atoms with Crippen LogP contribution in [0.25, 0.3) is 0 Å². The van der Waals surface area contributed by atoms with Crippen molar-refractivity contribution in [3.05, 3.63) is 48.2 Å². The summed E-state index contributed by atoms with van der Waals surface area (Å²) in [6.45, 7) is 0.768. The van der Waals surface area contributed by atoms with Crippen molar-refractivity contribution in [1.29, 1.82) is 0 Å². The van der Waals surface area contributed by atoms with Gasteiger partial charge in [0.05, 0.1) is 25.8 Å². The number of ether oxygens (including phenoxy) is 2. The Morgan fingerprint density at radius 2 is 2.19 bits per heavy atom. The van der Waals surface area contributed by atoms with Gasteiger partial charge in [-0.3, -0.25) is 4.79 Å². The first-order valence-corrected chi connectivity index (χ1v) is 9.98. The fourth-order valence-electron chi connectivity index (χ4n) is 3.44. The first kappa shape index (κ1) is 17.9. The maximum atomic E-state index is 12.9. The van der Waals surface area contributed by atoms with E-state index in [4.69, 9.17) is 9.47 Å². The number of rotatable bonds is 2. The normalized spacial score (nSPS) is 27.0.